The number of sulfone groups is 1. The van der Waals surface area contributed by atoms with Gasteiger partial charge in [0.05, 0.1) is 17.5 Å². The molecule has 0 N–H and O–H groups in total. The molecule has 0 fully saturated rings. The van der Waals surface area contributed by atoms with Crippen molar-refractivity contribution in [2.45, 2.75) is 11.9 Å². The van der Waals surface area contributed by atoms with Gasteiger partial charge in [-0.05, 0) is 0 Å². The molecule has 1 rings (SSSR count). The summed E-state index contributed by atoms with van der Waals surface area (Å²) in [6.07, 6.45) is 1.74. The first-order chi connectivity index (χ1) is 6.03. The van der Waals surface area contributed by atoms with Crippen molar-refractivity contribution in [3.05, 3.63) is 11.8 Å². The third-order valence-electron chi connectivity index (χ3n) is 1.71. The molecule has 0 aliphatic rings. The van der Waals surface area contributed by atoms with E-state index in [4.69, 9.17) is 0 Å². The molecule has 1 aromatic rings. The van der Waals surface area contributed by atoms with E-state index >= 15 is 0 Å². The topological polar surface area (TPSA) is 69.0 Å². The minimum Gasteiger partial charge on any atom is -0.298 e. The maximum absolute atomic E-state index is 11.4. The molecule has 0 aromatic carbocycles. The van der Waals surface area contributed by atoms with Gasteiger partial charge in [0.2, 0.25) is 0 Å². The summed E-state index contributed by atoms with van der Waals surface area (Å²) in [6.45, 7) is 1.52. The standard InChI is InChI=1S/C7H10N2O3S/c1-3-13(11,12)7-6(5-10)4-8-9(7)2/h4-5H,3H2,1-2H3. The number of hydrogen-bond acceptors (Lipinski definition) is 4. The maximum Gasteiger partial charge on any atom is 0.195 e. The van der Waals surface area contributed by atoms with Crippen LogP contribution in [0.25, 0.3) is 0 Å². The molecule has 0 aliphatic carbocycles. The Bertz CT molecular complexity index is 419. The third kappa shape index (κ3) is 1.62. The van der Waals surface area contributed by atoms with Crippen LogP contribution < -0.4 is 0 Å². The van der Waals surface area contributed by atoms with Gasteiger partial charge in [-0.2, -0.15) is 5.10 Å². The molecule has 6 heteroatoms. The average Bonchev–Trinajstić information content (AvgIpc) is 2.47. The van der Waals surface area contributed by atoms with Crippen LogP contribution in [0.4, 0.5) is 0 Å². The molecule has 13 heavy (non-hydrogen) atoms. The van der Waals surface area contributed by atoms with Gasteiger partial charge in [0, 0.05) is 7.05 Å². The van der Waals surface area contributed by atoms with Crippen LogP contribution in [0.3, 0.4) is 0 Å². The van der Waals surface area contributed by atoms with E-state index in [0.29, 0.717) is 6.29 Å². The second-order valence-corrected chi connectivity index (χ2v) is 4.74. The van der Waals surface area contributed by atoms with Crippen LogP contribution >= 0.6 is 0 Å². The first kappa shape index (κ1) is 9.91. The Balaban J connectivity index is 3.43. The van der Waals surface area contributed by atoms with Gasteiger partial charge in [-0.15, -0.1) is 0 Å². The van der Waals surface area contributed by atoms with E-state index in [1.54, 1.807) is 0 Å². The molecule has 0 amide bonds. The SMILES string of the molecule is CCS(=O)(=O)c1c(C=O)cnn1C. The van der Waals surface area contributed by atoms with Crippen LogP contribution in [-0.2, 0) is 16.9 Å². The fourth-order valence-corrected chi connectivity index (χ4v) is 2.22. The third-order valence-corrected chi connectivity index (χ3v) is 3.56. The first-order valence-corrected chi connectivity index (χ1v) is 5.38. The molecular formula is C7H10N2O3S. The summed E-state index contributed by atoms with van der Waals surface area (Å²) in [7, 11) is -1.86. The maximum atomic E-state index is 11.4. The van der Waals surface area contributed by atoms with Crippen molar-refractivity contribution >= 4 is 16.1 Å². The van der Waals surface area contributed by atoms with Crippen molar-refractivity contribution in [3.8, 4) is 0 Å². The molecule has 72 valence electrons. The van der Waals surface area contributed by atoms with Gasteiger partial charge < -0.3 is 0 Å². The lowest BCUT2D eigenvalue weighted by molar-refractivity contribution is 0.112. The molecule has 0 saturated heterocycles. The van der Waals surface area contributed by atoms with E-state index < -0.39 is 9.84 Å². The number of aromatic nitrogens is 2. The van der Waals surface area contributed by atoms with Crippen LogP contribution in [0.15, 0.2) is 11.2 Å². The normalized spacial score (nSPS) is 11.5. The minimum absolute atomic E-state index is 0.00926. The minimum atomic E-state index is -3.36. The molecule has 0 spiro atoms. The lowest BCUT2D eigenvalue weighted by Crippen LogP contribution is -2.11. The highest BCUT2D eigenvalue weighted by molar-refractivity contribution is 7.91. The molecule has 0 unspecified atom stereocenters. The Kier molecular flexibility index (Phi) is 2.51. The summed E-state index contributed by atoms with van der Waals surface area (Å²) in [5, 5.41) is 3.70. The molecule has 0 bridgehead atoms. The van der Waals surface area contributed by atoms with E-state index in [9.17, 15) is 13.2 Å². The predicted octanol–water partition coefficient (Wildman–Crippen LogP) is 0.0262. The van der Waals surface area contributed by atoms with Crippen molar-refractivity contribution in [1.29, 1.82) is 0 Å². The van der Waals surface area contributed by atoms with Crippen molar-refractivity contribution in [2.24, 2.45) is 7.05 Å². The lowest BCUT2D eigenvalue weighted by Gasteiger charge is -2.01. The Morgan fingerprint density at radius 1 is 1.62 bits per heavy atom. The number of carbonyl (C=O) groups excluding carboxylic acids is 1. The summed E-state index contributed by atoms with van der Waals surface area (Å²) >= 11 is 0. The summed E-state index contributed by atoms with van der Waals surface area (Å²) in [4.78, 5) is 10.5. The molecular weight excluding hydrogens is 192 g/mol. The highest BCUT2D eigenvalue weighted by atomic mass is 32.2. The highest BCUT2D eigenvalue weighted by Crippen LogP contribution is 2.13. The Labute approximate surface area is 76.3 Å². The van der Waals surface area contributed by atoms with E-state index in [0.717, 1.165) is 0 Å². The van der Waals surface area contributed by atoms with Gasteiger partial charge in [0.15, 0.2) is 21.1 Å². The summed E-state index contributed by atoms with van der Waals surface area (Å²) < 4.78 is 24.1. The molecule has 0 radical (unpaired) electrons. The van der Waals surface area contributed by atoms with Crippen LogP contribution in [0, 0.1) is 0 Å². The Morgan fingerprint density at radius 2 is 2.23 bits per heavy atom. The average molecular weight is 202 g/mol. The fraction of sp³-hybridized carbons (Fsp3) is 0.429. The van der Waals surface area contributed by atoms with Crippen molar-refractivity contribution in [1.82, 2.24) is 9.78 Å². The molecule has 1 heterocycles. The molecule has 1 aromatic heterocycles. The zero-order valence-electron chi connectivity index (χ0n) is 7.39. The van der Waals surface area contributed by atoms with E-state index in [1.165, 1.54) is 24.9 Å². The largest absolute Gasteiger partial charge is 0.298 e. The van der Waals surface area contributed by atoms with Gasteiger partial charge in [0.25, 0.3) is 0 Å². The molecule has 0 atom stereocenters. The molecule has 0 saturated carbocycles. The Morgan fingerprint density at radius 3 is 2.69 bits per heavy atom. The predicted molar refractivity (Wildman–Crippen MR) is 46.3 cm³/mol. The van der Waals surface area contributed by atoms with Crippen molar-refractivity contribution in [2.75, 3.05) is 5.75 Å². The zero-order valence-corrected chi connectivity index (χ0v) is 8.21. The van der Waals surface area contributed by atoms with Crippen molar-refractivity contribution in [3.63, 3.8) is 0 Å². The number of hydrogen-bond donors (Lipinski definition) is 0. The van der Waals surface area contributed by atoms with Gasteiger partial charge in [-0.1, -0.05) is 6.92 Å². The molecule has 5 nitrogen and oxygen atoms in total. The van der Waals surface area contributed by atoms with Gasteiger partial charge >= 0.3 is 0 Å². The smallest absolute Gasteiger partial charge is 0.195 e. The second-order valence-electron chi connectivity index (χ2n) is 2.55. The zero-order chi connectivity index (χ0) is 10.1. The molecule has 0 aliphatic heterocycles. The van der Waals surface area contributed by atoms with Crippen LogP contribution in [-0.4, -0.2) is 30.2 Å². The van der Waals surface area contributed by atoms with Gasteiger partial charge in [-0.3, -0.25) is 9.48 Å². The summed E-state index contributed by atoms with van der Waals surface area (Å²) in [5.74, 6) is -0.0344. The number of rotatable bonds is 3. The van der Waals surface area contributed by atoms with E-state index in [2.05, 4.69) is 5.10 Å². The lowest BCUT2D eigenvalue weighted by atomic mass is 10.4. The highest BCUT2D eigenvalue weighted by Gasteiger charge is 2.20. The quantitative estimate of drug-likeness (QED) is 0.648. The Hall–Kier alpha value is -1.17. The number of aldehydes is 1. The van der Waals surface area contributed by atoms with Gasteiger partial charge in [0.1, 0.15) is 0 Å². The number of aryl methyl sites for hydroxylation is 1. The summed E-state index contributed by atoms with van der Waals surface area (Å²) in [5.41, 5.74) is 0.115. The fourth-order valence-electron chi connectivity index (χ4n) is 1.04. The van der Waals surface area contributed by atoms with Crippen LogP contribution in [0.1, 0.15) is 17.3 Å². The van der Waals surface area contributed by atoms with E-state index in [-0.39, 0.29) is 16.3 Å². The van der Waals surface area contributed by atoms with E-state index in [1.807, 2.05) is 0 Å². The van der Waals surface area contributed by atoms with Crippen molar-refractivity contribution < 1.29 is 13.2 Å². The monoisotopic (exact) mass is 202 g/mol. The first-order valence-electron chi connectivity index (χ1n) is 3.73. The van der Waals surface area contributed by atoms with Crippen LogP contribution in [0.5, 0.6) is 0 Å². The van der Waals surface area contributed by atoms with Crippen LogP contribution in [0.2, 0.25) is 0 Å². The number of nitrogens with zero attached hydrogens (tertiary/aromatic N) is 2. The second kappa shape index (κ2) is 3.29. The van der Waals surface area contributed by atoms with Gasteiger partial charge in [-0.25, -0.2) is 8.42 Å². The summed E-state index contributed by atoms with van der Waals surface area (Å²) in [6, 6.07) is 0. The number of carbonyl (C=O) groups is 1.